The molecule has 1 heterocycles. The molecular formula is C12H12ClN3O. The molecular weight excluding hydrogens is 238 g/mol. The highest BCUT2D eigenvalue weighted by molar-refractivity contribution is 6.30. The van der Waals surface area contributed by atoms with Gasteiger partial charge in [0.2, 0.25) is 11.8 Å². The maximum atomic E-state index is 5.80. The number of benzene rings is 1. The standard InChI is InChI=1S/C12H12ClN3O/c1-2-7-14-8-11-15-16-12(17-11)9-3-5-10(13)6-4-9/h2-6,14H,1,7-8H2. The Morgan fingerprint density at radius 3 is 2.76 bits per heavy atom. The van der Waals surface area contributed by atoms with Gasteiger partial charge in [0.05, 0.1) is 6.54 Å². The van der Waals surface area contributed by atoms with Gasteiger partial charge in [-0.05, 0) is 24.3 Å². The first-order valence-electron chi connectivity index (χ1n) is 5.19. The van der Waals surface area contributed by atoms with E-state index in [1.807, 2.05) is 12.1 Å². The van der Waals surface area contributed by atoms with Crippen molar-refractivity contribution in [2.24, 2.45) is 0 Å². The molecule has 4 nitrogen and oxygen atoms in total. The Bertz CT molecular complexity index is 493. The van der Waals surface area contributed by atoms with Crippen molar-refractivity contribution in [2.45, 2.75) is 6.54 Å². The molecule has 0 atom stereocenters. The Labute approximate surface area is 104 Å². The van der Waals surface area contributed by atoms with Crippen LogP contribution in [0.5, 0.6) is 0 Å². The fourth-order valence-electron chi connectivity index (χ4n) is 1.32. The maximum absolute atomic E-state index is 5.80. The lowest BCUT2D eigenvalue weighted by atomic mass is 10.2. The van der Waals surface area contributed by atoms with Crippen LogP contribution in [0, 0.1) is 0 Å². The summed E-state index contributed by atoms with van der Waals surface area (Å²) in [5, 5.41) is 11.7. The van der Waals surface area contributed by atoms with E-state index < -0.39 is 0 Å². The minimum atomic E-state index is 0.497. The van der Waals surface area contributed by atoms with Crippen LogP contribution in [0.25, 0.3) is 11.5 Å². The fraction of sp³-hybridized carbons (Fsp3) is 0.167. The van der Waals surface area contributed by atoms with Crippen LogP contribution in [0.3, 0.4) is 0 Å². The molecule has 0 saturated carbocycles. The Morgan fingerprint density at radius 2 is 2.06 bits per heavy atom. The maximum Gasteiger partial charge on any atom is 0.247 e. The van der Waals surface area contributed by atoms with Crippen LogP contribution in [0.2, 0.25) is 5.02 Å². The van der Waals surface area contributed by atoms with E-state index in [1.54, 1.807) is 18.2 Å². The van der Waals surface area contributed by atoms with Gasteiger partial charge in [0.1, 0.15) is 0 Å². The molecule has 1 aromatic carbocycles. The summed E-state index contributed by atoms with van der Waals surface area (Å²) in [5.74, 6) is 1.05. The van der Waals surface area contributed by atoms with Crippen LogP contribution in [0.1, 0.15) is 5.89 Å². The molecule has 0 fully saturated rings. The van der Waals surface area contributed by atoms with Crippen molar-refractivity contribution < 1.29 is 4.42 Å². The van der Waals surface area contributed by atoms with Gasteiger partial charge in [-0.1, -0.05) is 17.7 Å². The molecule has 1 aromatic heterocycles. The van der Waals surface area contributed by atoms with E-state index in [1.165, 1.54) is 0 Å². The highest BCUT2D eigenvalue weighted by Gasteiger charge is 2.07. The number of hydrogen-bond acceptors (Lipinski definition) is 4. The zero-order chi connectivity index (χ0) is 12.1. The summed E-state index contributed by atoms with van der Waals surface area (Å²) in [6, 6.07) is 7.26. The van der Waals surface area contributed by atoms with E-state index in [0.29, 0.717) is 29.9 Å². The molecule has 0 aliphatic rings. The molecule has 5 heteroatoms. The lowest BCUT2D eigenvalue weighted by Crippen LogP contribution is -2.12. The third kappa shape index (κ3) is 3.15. The van der Waals surface area contributed by atoms with Gasteiger partial charge in [-0.15, -0.1) is 16.8 Å². The fourth-order valence-corrected chi connectivity index (χ4v) is 1.44. The SMILES string of the molecule is C=CCNCc1nnc(-c2ccc(Cl)cc2)o1. The van der Waals surface area contributed by atoms with Gasteiger partial charge < -0.3 is 9.73 Å². The monoisotopic (exact) mass is 249 g/mol. The largest absolute Gasteiger partial charge is 0.419 e. The summed E-state index contributed by atoms with van der Waals surface area (Å²) in [7, 11) is 0. The van der Waals surface area contributed by atoms with E-state index in [-0.39, 0.29) is 0 Å². The van der Waals surface area contributed by atoms with Crippen LogP contribution in [0.4, 0.5) is 0 Å². The smallest absolute Gasteiger partial charge is 0.247 e. The van der Waals surface area contributed by atoms with E-state index in [2.05, 4.69) is 22.1 Å². The third-order valence-corrected chi connectivity index (χ3v) is 2.37. The molecule has 0 saturated heterocycles. The summed E-state index contributed by atoms with van der Waals surface area (Å²) in [4.78, 5) is 0. The number of nitrogens with one attached hydrogen (secondary N) is 1. The first kappa shape index (κ1) is 11.8. The normalized spacial score (nSPS) is 10.4. The van der Waals surface area contributed by atoms with Crippen molar-refractivity contribution in [1.29, 1.82) is 0 Å². The van der Waals surface area contributed by atoms with Crippen molar-refractivity contribution in [3.8, 4) is 11.5 Å². The summed E-state index contributed by atoms with van der Waals surface area (Å²) < 4.78 is 5.49. The van der Waals surface area contributed by atoms with Gasteiger partial charge in [0, 0.05) is 17.1 Å². The predicted molar refractivity (Wildman–Crippen MR) is 66.6 cm³/mol. The number of rotatable bonds is 5. The van der Waals surface area contributed by atoms with Crippen LogP contribution in [-0.4, -0.2) is 16.7 Å². The Balaban J connectivity index is 2.07. The molecule has 2 aromatic rings. The summed E-state index contributed by atoms with van der Waals surface area (Å²) in [5.41, 5.74) is 0.858. The van der Waals surface area contributed by atoms with E-state index in [0.717, 1.165) is 5.56 Å². The zero-order valence-electron chi connectivity index (χ0n) is 9.19. The van der Waals surface area contributed by atoms with Gasteiger partial charge in [-0.3, -0.25) is 0 Å². The second-order valence-corrected chi connectivity index (χ2v) is 3.86. The number of aromatic nitrogens is 2. The molecule has 88 valence electrons. The summed E-state index contributed by atoms with van der Waals surface area (Å²) in [6.45, 7) is 4.85. The van der Waals surface area contributed by atoms with Crippen molar-refractivity contribution >= 4 is 11.6 Å². The average molecular weight is 250 g/mol. The van der Waals surface area contributed by atoms with Crippen molar-refractivity contribution in [3.63, 3.8) is 0 Å². The molecule has 0 spiro atoms. The molecule has 0 aliphatic heterocycles. The van der Waals surface area contributed by atoms with Crippen molar-refractivity contribution in [3.05, 3.63) is 47.8 Å². The molecule has 0 aliphatic carbocycles. The quantitative estimate of drug-likeness (QED) is 0.654. The lowest BCUT2D eigenvalue weighted by Gasteiger charge is -1.96. The van der Waals surface area contributed by atoms with Crippen molar-refractivity contribution in [2.75, 3.05) is 6.54 Å². The molecule has 0 amide bonds. The molecule has 0 bridgehead atoms. The zero-order valence-corrected chi connectivity index (χ0v) is 9.94. The van der Waals surface area contributed by atoms with E-state index in [4.69, 9.17) is 16.0 Å². The van der Waals surface area contributed by atoms with E-state index >= 15 is 0 Å². The first-order chi connectivity index (χ1) is 8.29. The topological polar surface area (TPSA) is 51.0 Å². The molecule has 2 rings (SSSR count). The van der Waals surface area contributed by atoms with Crippen LogP contribution in [0.15, 0.2) is 41.3 Å². The van der Waals surface area contributed by atoms with Crippen LogP contribution >= 0.6 is 11.6 Å². The van der Waals surface area contributed by atoms with Gasteiger partial charge in [-0.25, -0.2) is 0 Å². The van der Waals surface area contributed by atoms with Crippen LogP contribution < -0.4 is 5.32 Å². The first-order valence-corrected chi connectivity index (χ1v) is 5.57. The molecule has 17 heavy (non-hydrogen) atoms. The second kappa shape index (κ2) is 5.61. The number of halogens is 1. The van der Waals surface area contributed by atoms with Gasteiger partial charge in [-0.2, -0.15) is 0 Å². The molecule has 1 N–H and O–H groups in total. The number of nitrogens with zero attached hydrogens (tertiary/aromatic N) is 2. The highest BCUT2D eigenvalue weighted by atomic mass is 35.5. The minimum absolute atomic E-state index is 0.497. The van der Waals surface area contributed by atoms with Crippen molar-refractivity contribution in [1.82, 2.24) is 15.5 Å². The minimum Gasteiger partial charge on any atom is -0.419 e. The van der Waals surface area contributed by atoms with Gasteiger partial charge in [0.25, 0.3) is 0 Å². The van der Waals surface area contributed by atoms with Crippen LogP contribution in [-0.2, 0) is 6.54 Å². The predicted octanol–water partition coefficient (Wildman–Crippen LogP) is 2.67. The molecule has 0 radical (unpaired) electrons. The lowest BCUT2D eigenvalue weighted by molar-refractivity contribution is 0.485. The Hall–Kier alpha value is -1.65. The second-order valence-electron chi connectivity index (χ2n) is 3.43. The van der Waals surface area contributed by atoms with Gasteiger partial charge in [0.15, 0.2) is 0 Å². The van der Waals surface area contributed by atoms with Gasteiger partial charge >= 0.3 is 0 Å². The average Bonchev–Trinajstić information content (AvgIpc) is 2.79. The Morgan fingerprint density at radius 1 is 1.29 bits per heavy atom. The molecule has 0 unspecified atom stereocenters. The number of hydrogen-bond donors (Lipinski definition) is 1. The summed E-state index contributed by atoms with van der Waals surface area (Å²) in [6.07, 6.45) is 1.77. The Kier molecular flexibility index (Phi) is 3.90. The van der Waals surface area contributed by atoms with E-state index in [9.17, 15) is 0 Å². The third-order valence-electron chi connectivity index (χ3n) is 2.12. The summed E-state index contributed by atoms with van der Waals surface area (Å²) >= 11 is 5.80. The highest BCUT2D eigenvalue weighted by Crippen LogP contribution is 2.19.